The molecule has 1 saturated carbocycles. The predicted octanol–water partition coefficient (Wildman–Crippen LogP) is 4.74. The Balaban J connectivity index is 1.60. The number of aromatic nitrogens is 1. The van der Waals surface area contributed by atoms with Gasteiger partial charge in [0.2, 0.25) is 5.91 Å². The molecule has 0 bridgehead atoms. The number of fused-ring (bicyclic) bond motifs is 3. The van der Waals surface area contributed by atoms with Gasteiger partial charge in [0, 0.05) is 17.1 Å². The number of rotatable bonds is 4. The van der Waals surface area contributed by atoms with E-state index < -0.39 is 5.54 Å². The van der Waals surface area contributed by atoms with Crippen molar-refractivity contribution >= 4 is 39.1 Å². The Bertz CT molecular complexity index is 1110. The highest BCUT2D eigenvalue weighted by molar-refractivity contribution is 7.16. The molecule has 0 radical (unpaired) electrons. The summed E-state index contributed by atoms with van der Waals surface area (Å²) in [7, 11) is 0. The average Bonchev–Trinajstić information content (AvgIpc) is 3.47. The molecule has 2 aromatic heterocycles. The molecular formula is C24H27N3O2S. The minimum absolute atomic E-state index is 0.0635. The molecule has 6 heteroatoms. The van der Waals surface area contributed by atoms with Crippen LogP contribution in [-0.2, 0) is 17.8 Å². The van der Waals surface area contributed by atoms with Crippen molar-refractivity contribution in [3.63, 3.8) is 0 Å². The molecule has 5 rings (SSSR count). The summed E-state index contributed by atoms with van der Waals surface area (Å²) in [6, 6.07) is 12.2. The topological polar surface area (TPSA) is 54.3 Å². The maximum atomic E-state index is 13.7. The molecule has 1 fully saturated rings. The Morgan fingerprint density at radius 1 is 1.20 bits per heavy atom. The van der Waals surface area contributed by atoms with E-state index in [0.717, 1.165) is 48.0 Å². The Morgan fingerprint density at radius 2 is 1.93 bits per heavy atom. The van der Waals surface area contributed by atoms with Crippen molar-refractivity contribution in [1.82, 2.24) is 9.88 Å². The Labute approximate surface area is 180 Å². The van der Waals surface area contributed by atoms with Gasteiger partial charge >= 0.3 is 0 Å². The number of hydrogen-bond acceptors (Lipinski definition) is 3. The third-order valence-corrected chi connectivity index (χ3v) is 7.62. The zero-order valence-corrected chi connectivity index (χ0v) is 18.3. The first-order valence-corrected chi connectivity index (χ1v) is 11.7. The van der Waals surface area contributed by atoms with Gasteiger partial charge in [-0.1, -0.05) is 31.9 Å². The number of benzene rings is 1. The molecule has 30 heavy (non-hydrogen) atoms. The molecule has 5 nitrogen and oxygen atoms in total. The van der Waals surface area contributed by atoms with E-state index in [1.807, 2.05) is 53.3 Å². The molecule has 3 aromatic rings. The van der Waals surface area contributed by atoms with Crippen LogP contribution < -0.4 is 10.2 Å². The average molecular weight is 422 g/mol. The molecule has 1 aromatic carbocycles. The number of nitrogens with zero attached hydrogens (tertiary/aromatic N) is 2. The van der Waals surface area contributed by atoms with E-state index in [1.54, 1.807) is 16.2 Å². The Hall–Kier alpha value is -2.60. The number of carbonyl (C=O) groups is 2. The van der Waals surface area contributed by atoms with Crippen molar-refractivity contribution in [3.8, 4) is 0 Å². The second-order valence-electron chi connectivity index (χ2n) is 8.69. The third kappa shape index (κ3) is 2.97. The van der Waals surface area contributed by atoms with Crippen LogP contribution in [0.25, 0.3) is 10.2 Å². The van der Waals surface area contributed by atoms with Gasteiger partial charge in [-0.05, 0) is 61.4 Å². The van der Waals surface area contributed by atoms with Gasteiger partial charge in [0.05, 0.1) is 6.54 Å². The number of thiophene rings is 1. The van der Waals surface area contributed by atoms with Gasteiger partial charge in [0.1, 0.15) is 16.1 Å². The van der Waals surface area contributed by atoms with Crippen LogP contribution in [0.4, 0.5) is 5.69 Å². The first-order valence-electron chi connectivity index (χ1n) is 10.8. The first-order chi connectivity index (χ1) is 14.5. The smallest absolute Gasteiger partial charge is 0.275 e. The quantitative estimate of drug-likeness (QED) is 0.661. The van der Waals surface area contributed by atoms with Crippen molar-refractivity contribution in [1.29, 1.82) is 0 Å². The maximum Gasteiger partial charge on any atom is 0.275 e. The monoisotopic (exact) mass is 421 g/mol. The SMILES string of the molecule is CCc1ccc(N2C(=O)c3cc4ccsc4n3C[C@@]2(C)C(=O)NC2CCCC2)cc1. The third-order valence-electron chi connectivity index (χ3n) is 6.67. The summed E-state index contributed by atoms with van der Waals surface area (Å²) in [5.74, 6) is -0.177. The number of hydrogen-bond donors (Lipinski definition) is 1. The molecule has 1 atom stereocenters. The lowest BCUT2D eigenvalue weighted by Crippen LogP contribution is -2.65. The second-order valence-corrected chi connectivity index (χ2v) is 9.58. The minimum atomic E-state index is -0.990. The van der Waals surface area contributed by atoms with Crippen LogP contribution in [0.1, 0.15) is 55.6 Å². The first kappa shape index (κ1) is 19.4. The van der Waals surface area contributed by atoms with Gasteiger partial charge < -0.3 is 9.88 Å². The molecular weight excluding hydrogens is 394 g/mol. The van der Waals surface area contributed by atoms with Gasteiger partial charge in [-0.3, -0.25) is 14.5 Å². The zero-order valence-electron chi connectivity index (χ0n) is 17.5. The van der Waals surface area contributed by atoms with E-state index in [-0.39, 0.29) is 17.9 Å². The van der Waals surface area contributed by atoms with Crippen molar-refractivity contribution in [3.05, 3.63) is 53.0 Å². The minimum Gasteiger partial charge on any atom is -0.351 e. The molecule has 0 unspecified atom stereocenters. The van der Waals surface area contributed by atoms with Crippen molar-refractivity contribution < 1.29 is 9.59 Å². The summed E-state index contributed by atoms with van der Waals surface area (Å²) in [6.07, 6.45) is 5.28. The number of anilines is 1. The molecule has 0 spiro atoms. The molecule has 2 aliphatic rings. The second kappa shape index (κ2) is 7.27. The van der Waals surface area contributed by atoms with Gasteiger partial charge in [-0.25, -0.2) is 0 Å². The Morgan fingerprint density at radius 3 is 2.63 bits per heavy atom. The number of aryl methyl sites for hydroxylation is 1. The van der Waals surface area contributed by atoms with E-state index in [1.165, 1.54) is 5.56 Å². The largest absolute Gasteiger partial charge is 0.351 e. The van der Waals surface area contributed by atoms with Crippen molar-refractivity contribution in [2.24, 2.45) is 0 Å². The summed E-state index contributed by atoms with van der Waals surface area (Å²) in [5, 5.41) is 6.35. The van der Waals surface area contributed by atoms with Crippen LogP contribution in [-0.4, -0.2) is 28.0 Å². The van der Waals surface area contributed by atoms with Crippen LogP contribution in [0, 0.1) is 0 Å². The van der Waals surface area contributed by atoms with Crippen LogP contribution in [0.5, 0.6) is 0 Å². The molecule has 2 amide bonds. The highest BCUT2D eigenvalue weighted by atomic mass is 32.1. The number of carbonyl (C=O) groups excluding carboxylic acids is 2. The highest BCUT2D eigenvalue weighted by Gasteiger charge is 2.49. The van der Waals surface area contributed by atoms with Crippen LogP contribution >= 0.6 is 11.3 Å². The summed E-state index contributed by atoms with van der Waals surface area (Å²) >= 11 is 1.62. The van der Waals surface area contributed by atoms with E-state index in [0.29, 0.717) is 12.2 Å². The zero-order chi connectivity index (χ0) is 20.9. The standard InChI is InChI=1S/C24H27N3O2S/c1-3-16-8-10-19(11-9-16)27-21(28)20-14-17-12-13-30-22(17)26(20)15-24(27,2)23(29)25-18-6-4-5-7-18/h8-14,18H,3-7,15H2,1-2H3,(H,25,29)/t24-/m0/s1. The molecule has 1 aliphatic carbocycles. The number of nitrogens with one attached hydrogen (secondary N) is 1. The predicted molar refractivity (Wildman–Crippen MR) is 121 cm³/mol. The summed E-state index contributed by atoms with van der Waals surface area (Å²) in [4.78, 5) is 30.1. The van der Waals surface area contributed by atoms with Gasteiger partial charge in [-0.2, -0.15) is 0 Å². The molecule has 156 valence electrons. The fourth-order valence-electron chi connectivity index (χ4n) is 4.89. The summed E-state index contributed by atoms with van der Waals surface area (Å²) in [5.41, 5.74) is 1.65. The fraction of sp³-hybridized carbons (Fsp3) is 0.417. The lowest BCUT2D eigenvalue weighted by Gasteiger charge is -2.44. The van der Waals surface area contributed by atoms with Crippen LogP contribution in [0.2, 0.25) is 0 Å². The summed E-state index contributed by atoms with van der Waals surface area (Å²) < 4.78 is 2.04. The summed E-state index contributed by atoms with van der Waals surface area (Å²) in [6.45, 7) is 4.47. The van der Waals surface area contributed by atoms with E-state index in [4.69, 9.17) is 0 Å². The Kier molecular flexibility index (Phi) is 4.69. The van der Waals surface area contributed by atoms with Gasteiger partial charge in [-0.15, -0.1) is 11.3 Å². The van der Waals surface area contributed by atoms with Crippen molar-refractivity contribution in [2.75, 3.05) is 4.90 Å². The van der Waals surface area contributed by atoms with E-state index >= 15 is 0 Å². The van der Waals surface area contributed by atoms with Crippen LogP contribution in [0.15, 0.2) is 41.8 Å². The van der Waals surface area contributed by atoms with Crippen LogP contribution in [0.3, 0.4) is 0 Å². The molecule has 1 aliphatic heterocycles. The lowest BCUT2D eigenvalue weighted by molar-refractivity contribution is -0.127. The molecule has 3 heterocycles. The normalized spacial score (nSPS) is 21.9. The molecule has 0 saturated heterocycles. The lowest BCUT2D eigenvalue weighted by atomic mass is 9.93. The van der Waals surface area contributed by atoms with Crippen molar-refractivity contribution in [2.45, 2.75) is 64.1 Å². The number of amides is 2. The van der Waals surface area contributed by atoms with Gasteiger partial charge in [0.25, 0.3) is 5.91 Å². The van der Waals surface area contributed by atoms with Gasteiger partial charge in [0.15, 0.2) is 0 Å². The molecule has 1 N–H and O–H groups in total. The van der Waals surface area contributed by atoms with E-state index in [2.05, 4.69) is 12.2 Å². The maximum absolute atomic E-state index is 13.7. The fourth-order valence-corrected chi connectivity index (χ4v) is 5.79. The van der Waals surface area contributed by atoms with E-state index in [9.17, 15) is 9.59 Å². The highest BCUT2D eigenvalue weighted by Crippen LogP contribution is 2.37.